The zero-order chi connectivity index (χ0) is 14.5. The van der Waals surface area contributed by atoms with E-state index in [-0.39, 0.29) is 16.7 Å². The van der Waals surface area contributed by atoms with Crippen LogP contribution in [0.2, 0.25) is 0 Å². The van der Waals surface area contributed by atoms with Gasteiger partial charge in [-0.05, 0) is 37.3 Å². The first-order valence-corrected chi connectivity index (χ1v) is 7.47. The first-order valence-electron chi connectivity index (χ1n) is 6.59. The Kier molecular flexibility index (Phi) is 4.87. The largest absolute Gasteiger partial charge is 0.307 e. The summed E-state index contributed by atoms with van der Waals surface area (Å²) in [4.78, 5) is 11.8. The molecule has 106 valence electrons. The molecule has 2 rings (SSSR count). The molecule has 0 aliphatic rings. The van der Waals surface area contributed by atoms with Crippen LogP contribution in [0.15, 0.2) is 41.8 Å². The summed E-state index contributed by atoms with van der Waals surface area (Å²) < 4.78 is 0. The van der Waals surface area contributed by atoms with Crippen molar-refractivity contribution in [3.05, 3.63) is 62.3 Å². The van der Waals surface area contributed by atoms with E-state index in [0.717, 1.165) is 12.0 Å². The molecule has 0 aliphatic carbocycles. The lowest BCUT2D eigenvalue weighted by molar-refractivity contribution is -0.384. The summed E-state index contributed by atoms with van der Waals surface area (Å²) in [6, 6.07) is 11.4. The molecule has 0 saturated heterocycles. The Morgan fingerprint density at radius 2 is 2.10 bits per heavy atom. The molecule has 1 aromatic heterocycles. The number of nitrogens with one attached hydrogen (secondary N) is 1. The molecule has 5 heteroatoms. The number of hydrogen-bond acceptors (Lipinski definition) is 4. The molecule has 1 heterocycles. The van der Waals surface area contributed by atoms with Crippen LogP contribution >= 0.6 is 11.3 Å². The van der Waals surface area contributed by atoms with Gasteiger partial charge in [-0.15, -0.1) is 11.3 Å². The molecule has 0 aliphatic heterocycles. The maximum atomic E-state index is 10.8. The SMILES string of the molecule is CC(Cc1cccs1)NC(C)c1cccc([N+](=O)[O-])c1. The van der Waals surface area contributed by atoms with Crippen molar-refractivity contribution in [1.82, 2.24) is 5.32 Å². The Hall–Kier alpha value is -1.72. The van der Waals surface area contributed by atoms with Crippen molar-refractivity contribution in [2.45, 2.75) is 32.4 Å². The molecule has 0 spiro atoms. The van der Waals surface area contributed by atoms with E-state index in [4.69, 9.17) is 0 Å². The number of nitrogens with zero attached hydrogens (tertiary/aromatic N) is 1. The van der Waals surface area contributed by atoms with Crippen molar-refractivity contribution >= 4 is 17.0 Å². The molecule has 0 radical (unpaired) electrons. The highest BCUT2D eigenvalue weighted by Crippen LogP contribution is 2.20. The second-order valence-corrected chi connectivity index (χ2v) is 5.96. The Labute approximate surface area is 122 Å². The van der Waals surface area contributed by atoms with Gasteiger partial charge < -0.3 is 5.32 Å². The van der Waals surface area contributed by atoms with Gasteiger partial charge in [-0.25, -0.2) is 0 Å². The predicted octanol–water partition coefficient (Wildman–Crippen LogP) is 3.94. The molecule has 0 fully saturated rings. The van der Waals surface area contributed by atoms with Gasteiger partial charge in [-0.3, -0.25) is 10.1 Å². The summed E-state index contributed by atoms with van der Waals surface area (Å²) in [7, 11) is 0. The number of nitro benzene ring substituents is 1. The lowest BCUT2D eigenvalue weighted by Crippen LogP contribution is -2.30. The number of non-ortho nitro benzene ring substituents is 1. The fraction of sp³-hybridized carbons (Fsp3) is 0.333. The number of benzene rings is 1. The lowest BCUT2D eigenvalue weighted by Gasteiger charge is -2.19. The Balaban J connectivity index is 1.98. The maximum Gasteiger partial charge on any atom is 0.269 e. The molecule has 20 heavy (non-hydrogen) atoms. The van der Waals surface area contributed by atoms with Crippen molar-refractivity contribution in [1.29, 1.82) is 0 Å². The first-order chi connectivity index (χ1) is 9.56. The molecule has 1 N–H and O–H groups in total. The van der Waals surface area contributed by atoms with Crippen molar-refractivity contribution < 1.29 is 4.92 Å². The van der Waals surface area contributed by atoms with Crippen molar-refractivity contribution in [2.75, 3.05) is 0 Å². The van der Waals surface area contributed by atoms with E-state index in [2.05, 4.69) is 29.8 Å². The number of hydrogen-bond donors (Lipinski definition) is 1. The highest BCUT2D eigenvalue weighted by atomic mass is 32.1. The van der Waals surface area contributed by atoms with E-state index >= 15 is 0 Å². The van der Waals surface area contributed by atoms with E-state index in [1.54, 1.807) is 23.5 Å². The smallest absolute Gasteiger partial charge is 0.269 e. The number of rotatable bonds is 6. The van der Waals surface area contributed by atoms with Gasteiger partial charge >= 0.3 is 0 Å². The van der Waals surface area contributed by atoms with Crippen molar-refractivity contribution in [2.24, 2.45) is 0 Å². The van der Waals surface area contributed by atoms with Crippen LogP contribution in [-0.4, -0.2) is 11.0 Å². The Morgan fingerprint density at radius 3 is 2.75 bits per heavy atom. The normalized spacial score (nSPS) is 13.9. The van der Waals surface area contributed by atoms with Gasteiger partial charge in [-0.2, -0.15) is 0 Å². The van der Waals surface area contributed by atoms with Crippen LogP contribution in [0.25, 0.3) is 0 Å². The summed E-state index contributed by atoms with van der Waals surface area (Å²) in [5.41, 5.74) is 1.08. The highest BCUT2D eigenvalue weighted by molar-refractivity contribution is 7.09. The summed E-state index contributed by atoms with van der Waals surface area (Å²) >= 11 is 1.75. The second-order valence-electron chi connectivity index (χ2n) is 4.92. The second kappa shape index (κ2) is 6.63. The molecule has 4 nitrogen and oxygen atoms in total. The van der Waals surface area contributed by atoms with Crippen LogP contribution in [-0.2, 0) is 6.42 Å². The highest BCUT2D eigenvalue weighted by Gasteiger charge is 2.13. The van der Waals surface area contributed by atoms with Gasteiger partial charge in [0.1, 0.15) is 0 Å². The van der Waals surface area contributed by atoms with Gasteiger partial charge in [0.05, 0.1) is 4.92 Å². The minimum absolute atomic E-state index is 0.0878. The first kappa shape index (κ1) is 14.7. The van der Waals surface area contributed by atoms with Crippen LogP contribution in [0.5, 0.6) is 0 Å². The van der Waals surface area contributed by atoms with E-state index in [9.17, 15) is 10.1 Å². The molecule has 0 saturated carbocycles. The molecule has 1 aromatic carbocycles. The zero-order valence-corrected chi connectivity index (χ0v) is 12.4. The third-order valence-electron chi connectivity index (χ3n) is 3.20. The topological polar surface area (TPSA) is 55.2 Å². The summed E-state index contributed by atoms with van der Waals surface area (Å²) in [5, 5.41) is 16.4. The minimum Gasteiger partial charge on any atom is -0.307 e. The van der Waals surface area contributed by atoms with Crippen LogP contribution in [0, 0.1) is 10.1 Å². The van der Waals surface area contributed by atoms with E-state index < -0.39 is 0 Å². The van der Waals surface area contributed by atoms with Crippen LogP contribution in [0.3, 0.4) is 0 Å². The fourth-order valence-corrected chi connectivity index (χ4v) is 3.06. The molecular weight excluding hydrogens is 272 g/mol. The Bertz CT molecular complexity index is 569. The third-order valence-corrected chi connectivity index (χ3v) is 4.10. The van der Waals surface area contributed by atoms with Gasteiger partial charge in [0.15, 0.2) is 0 Å². The number of thiophene rings is 1. The van der Waals surface area contributed by atoms with Crippen molar-refractivity contribution in [3.63, 3.8) is 0 Å². The van der Waals surface area contributed by atoms with Gasteiger partial charge in [0.2, 0.25) is 0 Å². The number of nitro groups is 1. The summed E-state index contributed by atoms with van der Waals surface area (Å²) in [6.45, 7) is 4.16. The van der Waals surface area contributed by atoms with Gasteiger partial charge in [-0.1, -0.05) is 18.2 Å². The predicted molar refractivity (Wildman–Crippen MR) is 82.1 cm³/mol. The molecule has 0 amide bonds. The Morgan fingerprint density at radius 1 is 1.30 bits per heavy atom. The standard InChI is InChI=1S/C15H18N2O2S/c1-11(9-15-7-4-8-20-15)16-12(2)13-5-3-6-14(10-13)17(18)19/h3-8,10-12,16H,9H2,1-2H3. The maximum absolute atomic E-state index is 10.8. The van der Waals surface area contributed by atoms with Crippen LogP contribution in [0.1, 0.15) is 30.3 Å². The molecule has 0 bridgehead atoms. The van der Waals surface area contributed by atoms with Crippen LogP contribution in [0.4, 0.5) is 5.69 Å². The molecule has 2 unspecified atom stereocenters. The van der Waals surface area contributed by atoms with E-state index in [1.165, 1.54) is 10.9 Å². The molecule has 2 aromatic rings. The fourth-order valence-electron chi connectivity index (χ4n) is 2.22. The average Bonchev–Trinajstić information content (AvgIpc) is 2.91. The van der Waals surface area contributed by atoms with Crippen molar-refractivity contribution in [3.8, 4) is 0 Å². The third kappa shape index (κ3) is 3.88. The molecular formula is C15H18N2O2S. The monoisotopic (exact) mass is 290 g/mol. The lowest BCUT2D eigenvalue weighted by atomic mass is 10.1. The van der Waals surface area contributed by atoms with Gasteiger partial charge in [0.25, 0.3) is 5.69 Å². The van der Waals surface area contributed by atoms with E-state index in [0.29, 0.717) is 6.04 Å². The summed E-state index contributed by atoms with van der Waals surface area (Å²) in [6.07, 6.45) is 0.969. The van der Waals surface area contributed by atoms with E-state index in [1.807, 2.05) is 13.0 Å². The van der Waals surface area contributed by atoms with Crippen LogP contribution < -0.4 is 5.32 Å². The summed E-state index contributed by atoms with van der Waals surface area (Å²) in [5.74, 6) is 0. The average molecular weight is 290 g/mol. The zero-order valence-electron chi connectivity index (χ0n) is 11.6. The quantitative estimate of drug-likeness (QED) is 0.647. The molecule has 2 atom stereocenters. The van der Waals surface area contributed by atoms with Gasteiger partial charge in [0, 0.05) is 29.1 Å². The minimum atomic E-state index is -0.356.